The molecule has 0 atom stereocenters. The highest BCUT2D eigenvalue weighted by molar-refractivity contribution is 5.80. The van der Waals surface area contributed by atoms with Crippen LogP contribution in [0.3, 0.4) is 0 Å². The van der Waals surface area contributed by atoms with E-state index in [9.17, 15) is 4.79 Å². The summed E-state index contributed by atoms with van der Waals surface area (Å²) in [6, 6.07) is 0. The third-order valence-corrected chi connectivity index (χ3v) is 2.10. The van der Waals surface area contributed by atoms with E-state index in [4.69, 9.17) is 0 Å². The Morgan fingerprint density at radius 3 is 2.70 bits per heavy atom. The minimum Gasteiger partial charge on any atom is -0.299 e. The quantitative estimate of drug-likeness (QED) is 0.545. The summed E-state index contributed by atoms with van der Waals surface area (Å²) in [5.74, 6) is 0.343. The zero-order valence-corrected chi connectivity index (χ0v) is 6.52. The molecule has 1 fully saturated rings. The van der Waals surface area contributed by atoms with Gasteiger partial charge >= 0.3 is 0 Å². The molecule has 10 heavy (non-hydrogen) atoms. The van der Waals surface area contributed by atoms with Gasteiger partial charge in [-0.25, -0.2) is 0 Å². The average molecular weight is 138 g/mol. The summed E-state index contributed by atoms with van der Waals surface area (Å²) in [5, 5.41) is 0. The van der Waals surface area contributed by atoms with Gasteiger partial charge in [-0.3, -0.25) is 4.79 Å². The van der Waals surface area contributed by atoms with Crippen LogP contribution < -0.4 is 0 Å². The van der Waals surface area contributed by atoms with Crippen LogP contribution >= 0.6 is 0 Å². The van der Waals surface area contributed by atoms with Gasteiger partial charge in [-0.2, -0.15) is 0 Å². The summed E-state index contributed by atoms with van der Waals surface area (Å²) in [5.41, 5.74) is 0.375. The van der Waals surface area contributed by atoms with E-state index in [0.717, 1.165) is 6.42 Å². The Hall–Kier alpha value is -0.590. The Morgan fingerprint density at radius 1 is 1.70 bits per heavy atom. The molecule has 0 saturated heterocycles. The molecule has 0 spiro atoms. The largest absolute Gasteiger partial charge is 0.299 e. The second-order valence-electron chi connectivity index (χ2n) is 3.52. The molecule has 0 heterocycles. The van der Waals surface area contributed by atoms with Gasteiger partial charge in [0.1, 0.15) is 5.78 Å². The maximum atomic E-state index is 11.0. The lowest BCUT2D eigenvalue weighted by Crippen LogP contribution is -2.03. The van der Waals surface area contributed by atoms with Crippen molar-refractivity contribution >= 4 is 5.78 Å². The van der Waals surface area contributed by atoms with Gasteiger partial charge in [0.2, 0.25) is 0 Å². The molecule has 1 saturated carbocycles. The van der Waals surface area contributed by atoms with Gasteiger partial charge in [0, 0.05) is 12.8 Å². The molecular formula is C9H14O. The van der Waals surface area contributed by atoms with E-state index in [0.29, 0.717) is 17.6 Å². The fourth-order valence-electron chi connectivity index (χ4n) is 1.10. The maximum Gasteiger partial charge on any atom is 0.137 e. The zero-order valence-electron chi connectivity index (χ0n) is 6.52. The first-order valence-corrected chi connectivity index (χ1v) is 3.79. The Labute approximate surface area is 62.1 Å². The first-order chi connectivity index (χ1) is 4.66. The first-order valence-electron chi connectivity index (χ1n) is 3.79. The Kier molecular flexibility index (Phi) is 1.93. The number of allylic oxidation sites excluding steroid dienone is 1. The second kappa shape index (κ2) is 2.57. The average Bonchev–Trinajstić information content (AvgIpc) is 2.48. The Morgan fingerprint density at radius 2 is 2.30 bits per heavy atom. The molecule has 0 unspecified atom stereocenters. The van der Waals surface area contributed by atoms with Gasteiger partial charge in [0.25, 0.3) is 0 Å². The van der Waals surface area contributed by atoms with E-state index in [1.807, 2.05) is 0 Å². The van der Waals surface area contributed by atoms with Gasteiger partial charge in [-0.05, 0) is 18.3 Å². The zero-order chi connectivity index (χ0) is 7.61. The van der Waals surface area contributed by atoms with Crippen molar-refractivity contribution in [2.24, 2.45) is 5.41 Å². The van der Waals surface area contributed by atoms with Gasteiger partial charge in [-0.15, -0.1) is 6.58 Å². The van der Waals surface area contributed by atoms with Crippen molar-refractivity contribution in [3.8, 4) is 0 Å². The summed E-state index contributed by atoms with van der Waals surface area (Å²) < 4.78 is 0. The third kappa shape index (κ3) is 1.98. The number of carbonyl (C=O) groups excluding carboxylic acids is 1. The summed E-state index contributed by atoms with van der Waals surface area (Å²) in [7, 11) is 0. The molecule has 1 nitrogen and oxygen atoms in total. The van der Waals surface area contributed by atoms with E-state index in [2.05, 4.69) is 13.5 Å². The van der Waals surface area contributed by atoms with Crippen LogP contribution in [0.5, 0.6) is 0 Å². The molecule has 0 bridgehead atoms. The van der Waals surface area contributed by atoms with Crippen LogP contribution in [0, 0.1) is 5.41 Å². The highest BCUT2D eigenvalue weighted by atomic mass is 16.1. The van der Waals surface area contributed by atoms with Crippen molar-refractivity contribution in [3.63, 3.8) is 0 Å². The molecule has 0 aromatic carbocycles. The predicted molar refractivity (Wildman–Crippen MR) is 41.8 cm³/mol. The molecule has 1 heteroatoms. The fourth-order valence-corrected chi connectivity index (χ4v) is 1.10. The maximum absolute atomic E-state index is 11.0. The minimum atomic E-state index is 0.343. The van der Waals surface area contributed by atoms with Crippen molar-refractivity contribution < 1.29 is 4.79 Å². The Bertz CT molecular complexity index is 154. The van der Waals surface area contributed by atoms with Crippen molar-refractivity contribution in [1.29, 1.82) is 0 Å². The van der Waals surface area contributed by atoms with Crippen LogP contribution in [0.4, 0.5) is 0 Å². The normalized spacial score (nSPS) is 20.1. The predicted octanol–water partition coefficient (Wildman–Crippen LogP) is 2.32. The standard InChI is InChI=1S/C9H14O/c1-3-4-8(10)7-9(2)5-6-9/h3H,1,4-7H2,2H3. The number of hydrogen-bond donors (Lipinski definition) is 0. The lowest BCUT2D eigenvalue weighted by Gasteiger charge is -2.03. The number of carbonyl (C=O) groups is 1. The number of rotatable bonds is 4. The van der Waals surface area contributed by atoms with Crippen LogP contribution in [0.2, 0.25) is 0 Å². The third-order valence-electron chi connectivity index (χ3n) is 2.10. The smallest absolute Gasteiger partial charge is 0.137 e. The molecule has 0 amide bonds. The van der Waals surface area contributed by atoms with Crippen LogP contribution in [0.25, 0.3) is 0 Å². The van der Waals surface area contributed by atoms with Gasteiger partial charge in [0.15, 0.2) is 0 Å². The molecule has 56 valence electrons. The number of Topliss-reactive ketones (excluding diaryl/α,β-unsaturated/α-hetero) is 1. The van der Waals surface area contributed by atoms with Gasteiger partial charge < -0.3 is 0 Å². The molecule has 0 aromatic heterocycles. The van der Waals surface area contributed by atoms with Crippen LogP contribution in [-0.4, -0.2) is 5.78 Å². The number of ketones is 1. The lowest BCUT2D eigenvalue weighted by molar-refractivity contribution is -0.119. The van der Waals surface area contributed by atoms with E-state index in [1.165, 1.54) is 12.8 Å². The van der Waals surface area contributed by atoms with Crippen molar-refractivity contribution in [2.75, 3.05) is 0 Å². The molecule has 0 N–H and O–H groups in total. The van der Waals surface area contributed by atoms with Crippen LogP contribution in [0.1, 0.15) is 32.6 Å². The fraction of sp³-hybridized carbons (Fsp3) is 0.667. The lowest BCUT2D eigenvalue weighted by atomic mass is 10.0. The molecular weight excluding hydrogens is 124 g/mol. The van der Waals surface area contributed by atoms with E-state index in [1.54, 1.807) is 6.08 Å². The van der Waals surface area contributed by atoms with Crippen molar-refractivity contribution in [3.05, 3.63) is 12.7 Å². The molecule has 0 aliphatic heterocycles. The minimum absolute atomic E-state index is 0.343. The molecule has 1 rings (SSSR count). The first kappa shape index (κ1) is 7.52. The molecule has 1 aliphatic rings. The monoisotopic (exact) mass is 138 g/mol. The summed E-state index contributed by atoms with van der Waals surface area (Å²) >= 11 is 0. The van der Waals surface area contributed by atoms with Gasteiger partial charge in [0.05, 0.1) is 0 Å². The number of hydrogen-bond acceptors (Lipinski definition) is 1. The van der Waals surface area contributed by atoms with E-state index >= 15 is 0 Å². The van der Waals surface area contributed by atoms with Crippen molar-refractivity contribution in [2.45, 2.75) is 32.6 Å². The highest BCUT2D eigenvalue weighted by Gasteiger charge is 2.38. The van der Waals surface area contributed by atoms with Gasteiger partial charge in [-0.1, -0.05) is 13.0 Å². The molecule has 0 aromatic rings. The molecule has 1 aliphatic carbocycles. The SMILES string of the molecule is C=CCC(=O)CC1(C)CC1. The summed E-state index contributed by atoms with van der Waals surface area (Å²) in [4.78, 5) is 11.0. The van der Waals surface area contributed by atoms with Crippen molar-refractivity contribution in [1.82, 2.24) is 0 Å². The Balaban J connectivity index is 2.24. The van der Waals surface area contributed by atoms with E-state index in [-0.39, 0.29) is 0 Å². The van der Waals surface area contributed by atoms with Crippen LogP contribution in [0.15, 0.2) is 12.7 Å². The molecule has 0 radical (unpaired) electrons. The summed E-state index contributed by atoms with van der Waals surface area (Å²) in [6.45, 7) is 5.70. The highest BCUT2D eigenvalue weighted by Crippen LogP contribution is 2.48. The second-order valence-corrected chi connectivity index (χ2v) is 3.52. The van der Waals surface area contributed by atoms with E-state index < -0.39 is 0 Å². The topological polar surface area (TPSA) is 17.1 Å². The summed E-state index contributed by atoms with van der Waals surface area (Å²) in [6.07, 6.45) is 5.47. The van der Waals surface area contributed by atoms with Crippen LogP contribution in [-0.2, 0) is 4.79 Å².